The first-order chi connectivity index (χ1) is 10.9. The van der Waals surface area contributed by atoms with Crippen LogP contribution in [0.1, 0.15) is 35.1 Å². The van der Waals surface area contributed by atoms with Gasteiger partial charge in [0, 0.05) is 13.1 Å². The van der Waals surface area contributed by atoms with Crippen molar-refractivity contribution in [3.63, 3.8) is 0 Å². The van der Waals surface area contributed by atoms with E-state index in [9.17, 15) is 13.2 Å². The highest BCUT2D eigenvalue weighted by atomic mass is 32.2. The zero-order valence-corrected chi connectivity index (χ0v) is 13.2. The van der Waals surface area contributed by atoms with Crippen LogP contribution in [0.2, 0.25) is 0 Å². The lowest BCUT2D eigenvalue weighted by molar-refractivity contribution is 0.0686. The maximum atomic E-state index is 12.8. The third-order valence-electron chi connectivity index (χ3n) is 3.93. The van der Waals surface area contributed by atoms with Crippen molar-refractivity contribution < 1.29 is 18.3 Å². The first kappa shape index (κ1) is 15.6. The van der Waals surface area contributed by atoms with Crippen molar-refractivity contribution in [2.24, 2.45) is 0 Å². The summed E-state index contributed by atoms with van der Waals surface area (Å²) in [5.74, 6) is -1.37. The third-order valence-corrected chi connectivity index (χ3v) is 5.99. The number of aromatic nitrogens is 5. The van der Waals surface area contributed by atoms with E-state index in [1.165, 1.54) is 17.6 Å². The molecule has 23 heavy (non-hydrogen) atoms. The number of nitrogens with zero attached hydrogens (tertiary/aromatic N) is 5. The van der Waals surface area contributed by atoms with E-state index >= 15 is 0 Å². The van der Waals surface area contributed by atoms with E-state index in [-0.39, 0.29) is 29.7 Å². The summed E-state index contributed by atoms with van der Waals surface area (Å²) in [6.07, 6.45) is 4.22. The first-order valence-electron chi connectivity index (χ1n) is 7.03. The molecule has 2 aromatic heterocycles. The van der Waals surface area contributed by atoms with Crippen LogP contribution in [0.5, 0.6) is 0 Å². The number of hydrogen-bond acceptors (Lipinski definition) is 6. The predicted molar refractivity (Wildman–Crippen MR) is 77.3 cm³/mol. The Hall–Kier alpha value is -2.27. The minimum Gasteiger partial charge on any atom is -0.476 e. The molecule has 0 amide bonds. The molecule has 2 aromatic rings. The van der Waals surface area contributed by atoms with Crippen LogP contribution in [0, 0.1) is 6.92 Å². The van der Waals surface area contributed by atoms with Gasteiger partial charge in [-0.2, -0.15) is 14.5 Å². The number of hydrogen-bond donors (Lipinski definition) is 2. The summed E-state index contributed by atoms with van der Waals surface area (Å²) < 4.78 is 28.5. The summed E-state index contributed by atoms with van der Waals surface area (Å²) in [5.41, 5.74) is -0.248. The molecule has 0 radical (unpaired) electrons. The van der Waals surface area contributed by atoms with Gasteiger partial charge in [0.25, 0.3) is 0 Å². The predicted octanol–water partition coefficient (Wildman–Crippen LogP) is 0.0336. The highest BCUT2D eigenvalue weighted by Crippen LogP contribution is 2.28. The normalized spacial score (nSPS) is 17.4. The Morgan fingerprint density at radius 3 is 2.65 bits per heavy atom. The highest BCUT2D eigenvalue weighted by molar-refractivity contribution is 7.89. The molecule has 0 bridgehead atoms. The van der Waals surface area contributed by atoms with Gasteiger partial charge in [-0.1, -0.05) is 0 Å². The van der Waals surface area contributed by atoms with Crippen molar-refractivity contribution in [3.05, 3.63) is 24.0 Å². The number of H-pyrrole nitrogens is 1. The van der Waals surface area contributed by atoms with Gasteiger partial charge in [0.05, 0.1) is 11.7 Å². The summed E-state index contributed by atoms with van der Waals surface area (Å²) in [5, 5.41) is 19.2. The van der Waals surface area contributed by atoms with Crippen LogP contribution in [0.25, 0.3) is 0 Å². The molecule has 0 atom stereocenters. The summed E-state index contributed by atoms with van der Waals surface area (Å²) in [4.78, 5) is 14.8. The fourth-order valence-corrected chi connectivity index (χ4v) is 4.52. The number of carboxylic acid groups (broad SMARTS) is 1. The molecule has 0 spiro atoms. The minimum atomic E-state index is -3.90. The Kier molecular flexibility index (Phi) is 3.90. The average Bonchev–Trinajstić information content (AvgIpc) is 3.16. The second-order valence-corrected chi connectivity index (χ2v) is 7.22. The Morgan fingerprint density at radius 1 is 1.39 bits per heavy atom. The molecule has 1 aliphatic heterocycles. The average molecular weight is 340 g/mol. The molecule has 0 aromatic carbocycles. The van der Waals surface area contributed by atoms with Crippen molar-refractivity contribution in [2.45, 2.75) is 30.7 Å². The molecule has 1 aliphatic rings. The summed E-state index contributed by atoms with van der Waals surface area (Å²) >= 11 is 0. The van der Waals surface area contributed by atoms with E-state index < -0.39 is 21.7 Å². The SMILES string of the molecule is Cc1[nH]nc(C(=O)O)c1S(=O)(=O)N1CCC(n2cncn2)CC1. The summed E-state index contributed by atoms with van der Waals surface area (Å²) in [6, 6.07) is 0.0911. The second-order valence-electron chi connectivity index (χ2n) is 5.34. The molecular formula is C12H16N6O4S. The number of piperidine rings is 1. The van der Waals surface area contributed by atoms with Gasteiger partial charge in [-0.3, -0.25) is 5.10 Å². The van der Waals surface area contributed by atoms with Crippen LogP contribution in [-0.2, 0) is 10.0 Å². The Labute approximate surface area is 132 Å². The molecule has 0 unspecified atom stereocenters. The van der Waals surface area contributed by atoms with Gasteiger partial charge < -0.3 is 5.11 Å². The fraction of sp³-hybridized carbons (Fsp3) is 0.500. The van der Waals surface area contributed by atoms with E-state index in [1.807, 2.05) is 0 Å². The van der Waals surface area contributed by atoms with E-state index in [1.54, 1.807) is 11.0 Å². The largest absolute Gasteiger partial charge is 0.476 e. The van der Waals surface area contributed by atoms with Crippen LogP contribution in [0.4, 0.5) is 0 Å². The number of aromatic carboxylic acids is 1. The van der Waals surface area contributed by atoms with Gasteiger partial charge >= 0.3 is 5.97 Å². The first-order valence-corrected chi connectivity index (χ1v) is 8.47. The molecule has 11 heteroatoms. The van der Waals surface area contributed by atoms with Crippen molar-refractivity contribution >= 4 is 16.0 Å². The van der Waals surface area contributed by atoms with Crippen LogP contribution in [0.3, 0.4) is 0 Å². The zero-order chi connectivity index (χ0) is 16.6. The molecule has 2 N–H and O–H groups in total. The summed E-state index contributed by atoms with van der Waals surface area (Å²) in [7, 11) is -3.90. The van der Waals surface area contributed by atoms with Crippen LogP contribution < -0.4 is 0 Å². The fourth-order valence-electron chi connectivity index (χ4n) is 2.76. The van der Waals surface area contributed by atoms with Gasteiger partial charge in [0.15, 0.2) is 5.69 Å². The molecule has 3 rings (SSSR count). The second kappa shape index (κ2) is 5.74. The molecule has 124 valence electrons. The van der Waals surface area contributed by atoms with Gasteiger partial charge in [-0.05, 0) is 19.8 Å². The standard InChI is InChI=1S/C12H16N6O4S/c1-8-11(10(12(19)20)16-15-8)23(21,22)17-4-2-9(3-5-17)18-7-13-6-14-18/h6-7,9H,2-5H2,1H3,(H,15,16)(H,19,20). The lowest BCUT2D eigenvalue weighted by Crippen LogP contribution is -2.39. The lowest BCUT2D eigenvalue weighted by atomic mass is 10.1. The van der Waals surface area contributed by atoms with Crippen molar-refractivity contribution in [1.82, 2.24) is 29.3 Å². The number of nitrogens with one attached hydrogen (secondary N) is 1. The van der Waals surface area contributed by atoms with Gasteiger partial charge in [-0.25, -0.2) is 22.9 Å². The lowest BCUT2D eigenvalue weighted by Gasteiger charge is -2.31. The highest BCUT2D eigenvalue weighted by Gasteiger charge is 2.35. The van der Waals surface area contributed by atoms with Crippen molar-refractivity contribution in [3.8, 4) is 0 Å². The van der Waals surface area contributed by atoms with Crippen LogP contribution in [0.15, 0.2) is 17.6 Å². The molecular weight excluding hydrogens is 324 g/mol. The number of aryl methyl sites for hydroxylation is 1. The third kappa shape index (κ3) is 2.72. The Bertz CT molecular complexity index is 805. The zero-order valence-electron chi connectivity index (χ0n) is 12.4. The van der Waals surface area contributed by atoms with Crippen LogP contribution in [-0.4, -0.2) is 61.9 Å². The quantitative estimate of drug-likeness (QED) is 0.802. The van der Waals surface area contributed by atoms with E-state index in [0.717, 1.165) is 0 Å². The van der Waals surface area contributed by atoms with Crippen molar-refractivity contribution in [2.75, 3.05) is 13.1 Å². The maximum Gasteiger partial charge on any atom is 0.357 e. The molecule has 10 nitrogen and oxygen atoms in total. The number of sulfonamides is 1. The van der Waals surface area contributed by atoms with Gasteiger partial charge in [0.1, 0.15) is 17.6 Å². The van der Waals surface area contributed by atoms with Crippen LogP contribution >= 0.6 is 0 Å². The number of aromatic amines is 1. The number of carboxylic acids is 1. The minimum absolute atomic E-state index is 0.0911. The molecule has 3 heterocycles. The number of carbonyl (C=O) groups is 1. The molecule has 0 saturated carbocycles. The molecule has 0 aliphatic carbocycles. The number of rotatable bonds is 4. The maximum absolute atomic E-state index is 12.8. The Morgan fingerprint density at radius 2 is 2.09 bits per heavy atom. The van der Waals surface area contributed by atoms with E-state index in [4.69, 9.17) is 5.11 Å². The smallest absolute Gasteiger partial charge is 0.357 e. The summed E-state index contributed by atoms with van der Waals surface area (Å²) in [6.45, 7) is 2.07. The van der Waals surface area contributed by atoms with E-state index in [0.29, 0.717) is 12.8 Å². The van der Waals surface area contributed by atoms with Crippen molar-refractivity contribution in [1.29, 1.82) is 0 Å². The topological polar surface area (TPSA) is 134 Å². The molecule has 1 saturated heterocycles. The monoisotopic (exact) mass is 340 g/mol. The van der Waals surface area contributed by atoms with E-state index in [2.05, 4.69) is 20.3 Å². The van der Waals surface area contributed by atoms with Gasteiger partial charge in [0.2, 0.25) is 10.0 Å². The Balaban J connectivity index is 1.82. The molecule has 1 fully saturated rings. The van der Waals surface area contributed by atoms with Gasteiger partial charge in [-0.15, -0.1) is 0 Å².